The van der Waals surface area contributed by atoms with E-state index in [9.17, 15) is 4.79 Å². The van der Waals surface area contributed by atoms with Crippen molar-refractivity contribution in [1.82, 2.24) is 0 Å². The van der Waals surface area contributed by atoms with Crippen molar-refractivity contribution in [3.8, 4) is 5.75 Å². The van der Waals surface area contributed by atoms with Crippen LogP contribution in [0.5, 0.6) is 5.75 Å². The van der Waals surface area contributed by atoms with Crippen LogP contribution in [0.25, 0.3) is 0 Å². The zero-order valence-corrected chi connectivity index (χ0v) is 7.96. The summed E-state index contributed by atoms with van der Waals surface area (Å²) in [6, 6.07) is 3.59. The molecule has 2 rings (SSSR count). The highest BCUT2D eigenvalue weighted by Gasteiger charge is 2.18. The second-order valence-corrected chi connectivity index (χ2v) is 3.31. The van der Waals surface area contributed by atoms with Crippen LogP contribution in [0, 0.1) is 0 Å². The molecule has 74 valence electrons. The summed E-state index contributed by atoms with van der Waals surface area (Å²) in [7, 11) is 1.57. The van der Waals surface area contributed by atoms with Gasteiger partial charge in [-0.2, -0.15) is 0 Å². The Morgan fingerprint density at radius 1 is 1.43 bits per heavy atom. The minimum absolute atomic E-state index is 0.0283. The molecule has 3 N–H and O–H groups in total. The smallest absolute Gasteiger partial charge is 0.224 e. The highest BCUT2D eigenvalue weighted by molar-refractivity contribution is 5.96. The Labute approximate surface area is 82.1 Å². The van der Waals surface area contributed by atoms with E-state index in [1.807, 2.05) is 6.07 Å². The molecule has 0 fully saturated rings. The number of aryl methyl sites for hydroxylation is 1. The van der Waals surface area contributed by atoms with Gasteiger partial charge in [0.05, 0.1) is 12.8 Å². The molecule has 1 aromatic carbocycles. The summed E-state index contributed by atoms with van der Waals surface area (Å²) in [6.45, 7) is 0. The van der Waals surface area contributed by atoms with E-state index in [1.165, 1.54) is 0 Å². The first-order valence-electron chi connectivity index (χ1n) is 4.47. The van der Waals surface area contributed by atoms with E-state index in [4.69, 9.17) is 10.5 Å². The van der Waals surface area contributed by atoms with E-state index in [2.05, 4.69) is 5.32 Å². The molecule has 0 bridgehead atoms. The molecule has 1 aliphatic rings. The fourth-order valence-electron chi connectivity index (χ4n) is 1.65. The Hall–Kier alpha value is -1.71. The van der Waals surface area contributed by atoms with Crippen LogP contribution in [0.4, 0.5) is 11.4 Å². The number of methoxy groups -OCH3 is 1. The summed E-state index contributed by atoms with van der Waals surface area (Å²) in [6.07, 6.45) is 1.24. The van der Waals surface area contributed by atoms with Crippen LogP contribution in [-0.2, 0) is 11.2 Å². The number of hydrogen-bond acceptors (Lipinski definition) is 3. The van der Waals surface area contributed by atoms with Gasteiger partial charge in [0, 0.05) is 18.2 Å². The average Bonchev–Trinajstić information content (AvgIpc) is 2.17. The van der Waals surface area contributed by atoms with Gasteiger partial charge in [-0.3, -0.25) is 4.79 Å². The molecule has 0 saturated carbocycles. The minimum Gasteiger partial charge on any atom is -0.494 e. The molecule has 1 amide bonds. The predicted octanol–water partition coefficient (Wildman–Crippen LogP) is 1.16. The van der Waals surface area contributed by atoms with Gasteiger partial charge >= 0.3 is 0 Å². The van der Waals surface area contributed by atoms with Crippen LogP contribution < -0.4 is 15.8 Å². The van der Waals surface area contributed by atoms with Gasteiger partial charge in [0.2, 0.25) is 5.91 Å². The molecule has 4 heteroatoms. The van der Waals surface area contributed by atoms with E-state index >= 15 is 0 Å². The topological polar surface area (TPSA) is 64.3 Å². The van der Waals surface area contributed by atoms with E-state index in [0.29, 0.717) is 17.9 Å². The lowest BCUT2D eigenvalue weighted by Gasteiger charge is -2.19. The molecule has 0 aromatic heterocycles. The normalized spacial score (nSPS) is 14.5. The first-order chi connectivity index (χ1) is 6.70. The van der Waals surface area contributed by atoms with E-state index in [1.54, 1.807) is 13.2 Å². The molecule has 0 aliphatic carbocycles. The molecular weight excluding hydrogens is 180 g/mol. The van der Waals surface area contributed by atoms with Crippen molar-refractivity contribution >= 4 is 17.3 Å². The van der Waals surface area contributed by atoms with Gasteiger partial charge in [-0.15, -0.1) is 0 Å². The van der Waals surface area contributed by atoms with Crippen LogP contribution in [0.1, 0.15) is 12.0 Å². The number of nitrogens with two attached hydrogens (primary N) is 1. The standard InChI is InChI=1S/C10H12N2O2/c1-14-8-5-7(11)4-6-2-3-9(13)12-10(6)8/h4-5H,2-3,11H2,1H3,(H,12,13). The summed E-state index contributed by atoms with van der Waals surface area (Å²) in [5.74, 6) is 0.661. The molecule has 1 aromatic rings. The van der Waals surface area contributed by atoms with Crippen molar-refractivity contribution in [2.75, 3.05) is 18.2 Å². The summed E-state index contributed by atoms with van der Waals surface area (Å²) in [5, 5.41) is 2.79. The van der Waals surface area contributed by atoms with Crippen molar-refractivity contribution in [2.24, 2.45) is 0 Å². The molecule has 0 unspecified atom stereocenters. The summed E-state index contributed by atoms with van der Waals surface area (Å²) in [4.78, 5) is 11.2. The number of nitrogens with one attached hydrogen (secondary N) is 1. The number of amides is 1. The van der Waals surface area contributed by atoms with Gasteiger partial charge < -0.3 is 15.8 Å². The molecule has 0 atom stereocenters. The molecule has 0 saturated heterocycles. The van der Waals surface area contributed by atoms with E-state index in [-0.39, 0.29) is 5.91 Å². The van der Waals surface area contributed by atoms with Crippen LogP contribution in [-0.4, -0.2) is 13.0 Å². The number of benzene rings is 1. The first kappa shape index (κ1) is 8.87. The lowest BCUT2D eigenvalue weighted by Crippen LogP contribution is -2.19. The maximum Gasteiger partial charge on any atom is 0.224 e. The molecule has 14 heavy (non-hydrogen) atoms. The lowest BCUT2D eigenvalue weighted by atomic mass is 10.0. The van der Waals surface area contributed by atoms with Gasteiger partial charge in [0.25, 0.3) is 0 Å². The average molecular weight is 192 g/mol. The SMILES string of the molecule is COc1cc(N)cc2c1NC(=O)CC2. The van der Waals surface area contributed by atoms with Crippen LogP contribution in [0.3, 0.4) is 0 Å². The Kier molecular flexibility index (Phi) is 2.04. The zero-order chi connectivity index (χ0) is 10.1. The molecule has 1 aliphatic heterocycles. The van der Waals surface area contributed by atoms with E-state index < -0.39 is 0 Å². The summed E-state index contributed by atoms with van der Waals surface area (Å²) in [5.41, 5.74) is 8.17. The number of hydrogen-bond donors (Lipinski definition) is 2. The largest absolute Gasteiger partial charge is 0.494 e. The first-order valence-corrected chi connectivity index (χ1v) is 4.47. The number of carbonyl (C=O) groups is 1. The minimum atomic E-state index is 0.0283. The van der Waals surface area contributed by atoms with Crippen molar-refractivity contribution in [3.05, 3.63) is 17.7 Å². The van der Waals surface area contributed by atoms with Crippen molar-refractivity contribution in [3.63, 3.8) is 0 Å². The Bertz CT molecular complexity index is 371. The highest BCUT2D eigenvalue weighted by atomic mass is 16.5. The Morgan fingerprint density at radius 2 is 2.21 bits per heavy atom. The quantitative estimate of drug-likeness (QED) is 0.656. The molecule has 1 heterocycles. The van der Waals surface area contributed by atoms with Gasteiger partial charge in [0.15, 0.2) is 0 Å². The second kappa shape index (κ2) is 3.21. The number of fused-ring (bicyclic) bond motifs is 1. The van der Waals surface area contributed by atoms with Crippen molar-refractivity contribution in [1.29, 1.82) is 0 Å². The molecule has 4 nitrogen and oxygen atoms in total. The monoisotopic (exact) mass is 192 g/mol. The number of carbonyl (C=O) groups excluding carboxylic acids is 1. The molecule has 0 radical (unpaired) electrons. The third-order valence-corrected chi connectivity index (χ3v) is 2.31. The third kappa shape index (κ3) is 1.39. The van der Waals surface area contributed by atoms with Crippen LogP contribution in [0.2, 0.25) is 0 Å². The predicted molar refractivity (Wildman–Crippen MR) is 54.4 cm³/mol. The number of rotatable bonds is 1. The van der Waals surface area contributed by atoms with Crippen LogP contribution in [0.15, 0.2) is 12.1 Å². The molecule has 0 spiro atoms. The maximum absolute atomic E-state index is 11.2. The lowest BCUT2D eigenvalue weighted by molar-refractivity contribution is -0.116. The zero-order valence-electron chi connectivity index (χ0n) is 7.96. The van der Waals surface area contributed by atoms with Gasteiger partial charge in [-0.25, -0.2) is 0 Å². The maximum atomic E-state index is 11.2. The third-order valence-electron chi connectivity index (χ3n) is 2.31. The van der Waals surface area contributed by atoms with Crippen molar-refractivity contribution < 1.29 is 9.53 Å². The van der Waals surface area contributed by atoms with Crippen molar-refractivity contribution in [2.45, 2.75) is 12.8 Å². The van der Waals surface area contributed by atoms with Gasteiger partial charge in [0.1, 0.15) is 5.75 Å². The Balaban J connectivity index is 2.52. The number of ether oxygens (including phenoxy) is 1. The van der Waals surface area contributed by atoms with Gasteiger partial charge in [-0.05, 0) is 18.1 Å². The highest BCUT2D eigenvalue weighted by Crippen LogP contribution is 2.34. The fourth-order valence-corrected chi connectivity index (χ4v) is 1.65. The number of nitrogen functional groups attached to an aromatic ring is 1. The molecular formula is C10H12N2O2. The number of anilines is 2. The summed E-state index contributed by atoms with van der Waals surface area (Å²) >= 11 is 0. The van der Waals surface area contributed by atoms with Crippen LogP contribution >= 0.6 is 0 Å². The van der Waals surface area contributed by atoms with Gasteiger partial charge in [-0.1, -0.05) is 0 Å². The van der Waals surface area contributed by atoms with E-state index in [0.717, 1.165) is 17.7 Å². The summed E-state index contributed by atoms with van der Waals surface area (Å²) < 4.78 is 5.15. The Morgan fingerprint density at radius 3 is 2.93 bits per heavy atom. The second-order valence-electron chi connectivity index (χ2n) is 3.31. The fraction of sp³-hybridized carbons (Fsp3) is 0.300.